The van der Waals surface area contributed by atoms with Gasteiger partial charge in [0.25, 0.3) is 0 Å². The molecule has 0 spiro atoms. The molecule has 0 bridgehead atoms. The Hall–Kier alpha value is -0.560. The van der Waals surface area contributed by atoms with Gasteiger partial charge in [-0.25, -0.2) is 0 Å². The fourth-order valence-corrected chi connectivity index (χ4v) is 14.2. The minimum absolute atomic E-state index is 0.0410. The molecule has 4 saturated carbocycles. The minimum atomic E-state index is -1.69. The van der Waals surface area contributed by atoms with Crippen LogP contribution in [0.15, 0.2) is 0 Å². The van der Waals surface area contributed by atoms with Gasteiger partial charge in [0, 0.05) is 0 Å². The van der Waals surface area contributed by atoms with E-state index in [-0.39, 0.29) is 47.0 Å². The normalized spacial score (nSPS) is 57.3. The zero-order chi connectivity index (χ0) is 41.2. The molecule has 3 saturated heterocycles. The van der Waals surface area contributed by atoms with Crippen molar-refractivity contribution in [2.45, 2.75) is 204 Å². The molecule has 3 heterocycles. The molecule has 14 nitrogen and oxygen atoms in total. The van der Waals surface area contributed by atoms with Gasteiger partial charge in [-0.2, -0.15) is 0 Å². The standard InChI is InChI=1S/C42H72O14/c1-18-16-41(8)21-14-23(44)27-20(42(9)13-11-26(56-42)39(5,6)51)10-12-40(27,7)22(21)15-24(34(41)38(3,4)35(18)50)53-37-33(31(48)29(46)25(17-43)54-37)55-36-32(49)30(47)28(45)19(2)52-36/h18-37,43-51H,10-17H2,1-9H3/t18?,19-,20?,21?,22?,23?,24-,25+,26+,27?,28-,29+,30+,31-,32+,33+,34?,35-,36-,37+,40+,41+,42-/m0/s1. The number of ether oxygens (including phenoxy) is 5. The summed E-state index contributed by atoms with van der Waals surface area (Å²) >= 11 is 0. The largest absolute Gasteiger partial charge is 0.394 e. The van der Waals surface area contributed by atoms with Crippen LogP contribution in [0.3, 0.4) is 0 Å². The van der Waals surface area contributed by atoms with Crippen molar-refractivity contribution in [1.82, 2.24) is 0 Å². The number of hydrogen-bond acceptors (Lipinski definition) is 14. The highest BCUT2D eigenvalue weighted by atomic mass is 16.8. The maximum Gasteiger partial charge on any atom is 0.187 e. The van der Waals surface area contributed by atoms with E-state index in [1.807, 2.05) is 0 Å². The highest BCUT2D eigenvalue weighted by Gasteiger charge is 2.71. The van der Waals surface area contributed by atoms with Gasteiger partial charge in [-0.3, -0.25) is 0 Å². The average Bonchev–Trinajstić information content (AvgIpc) is 3.71. The van der Waals surface area contributed by atoms with Gasteiger partial charge in [-0.05, 0) is 124 Å². The second-order valence-corrected chi connectivity index (χ2v) is 21.1. The summed E-state index contributed by atoms with van der Waals surface area (Å²) in [4.78, 5) is 0. The highest BCUT2D eigenvalue weighted by molar-refractivity contribution is 5.19. The molecule has 7 aliphatic rings. The summed E-state index contributed by atoms with van der Waals surface area (Å²) in [6, 6.07) is 0. The third kappa shape index (κ3) is 6.76. The van der Waals surface area contributed by atoms with Crippen molar-refractivity contribution in [2.75, 3.05) is 6.61 Å². The van der Waals surface area contributed by atoms with Crippen molar-refractivity contribution in [3.8, 4) is 0 Å². The molecule has 0 aromatic rings. The van der Waals surface area contributed by atoms with Gasteiger partial charge in [-0.1, -0.05) is 34.6 Å². The molecule has 7 fully saturated rings. The Morgan fingerprint density at radius 3 is 2.00 bits per heavy atom. The van der Waals surface area contributed by atoms with E-state index in [0.717, 1.165) is 25.7 Å². The molecule has 324 valence electrons. The first-order valence-corrected chi connectivity index (χ1v) is 21.3. The van der Waals surface area contributed by atoms with E-state index in [2.05, 4.69) is 41.5 Å². The molecule has 23 atom stereocenters. The third-order valence-electron chi connectivity index (χ3n) is 16.8. The van der Waals surface area contributed by atoms with Crippen molar-refractivity contribution < 1.29 is 69.6 Å². The summed E-state index contributed by atoms with van der Waals surface area (Å²) in [5, 5.41) is 99.6. The van der Waals surface area contributed by atoms with E-state index in [1.165, 1.54) is 6.92 Å². The van der Waals surface area contributed by atoms with Gasteiger partial charge in [0.05, 0.1) is 48.3 Å². The summed E-state index contributed by atoms with van der Waals surface area (Å²) in [5.74, 6) is -0.126. The summed E-state index contributed by atoms with van der Waals surface area (Å²) in [6.07, 6.45) is -11.4. The Kier molecular flexibility index (Phi) is 11.5. The zero-order valence-corrected chi connectivity index (χ0v) is 34.8. The molecule has 0 aromatic carbocycles. The lowest BCUT2D eigenvalue weighted by Gasteiger charge is -2.69. The van der Waals surface area contributed by atoms with Crippen LogP contribution in [0.2, 0.25) is 0 Å². The summed E-state index contributed by atoms with van der Waals surface area (Å²) in [5.41, 5.74) is -2.89. The highest BCUT2D eigenvalue weighted by Crippen LogP contribution is 2.72. The van der Waals surface area contributed by atoms with Gasteiger partial charge in [-0.15, -0.1) is 0 Å². The molecule has 0 radical (unpaired) electrons. The molecule has 56 heavy (non-hydrogen) atoms. The molecule has 9 N–H and O–H groups in total. The number of hydrogen-bond donors (Lipinski definition) is 9. The Balaban J connectivity index is 1.24. The maximum absolute atomic E-state index is 12.3. The summed E-state index contributed by atoms with van der Waals surface area (Å²) in [7, 11) is 0. The van der Waals surface area contributed by atoms with Crippen LogP contribution in [-0.2, 0) is 23.7 Å². The molecule has 7 unspecified atom stereocenters. The van der Waals surface area contributed by atoms with Crippen LogP contribution in [0, 0.1) is 51.8 Å². The molecular formula is C42H72O14. The van der Waals surface area contributed by atoms with Crippen LogP contribution in [-0.4, -0.2) is 150 Å². The predicted molar refractivity (Wildman–Crippen MR) is 200 cm³/mol. The van der Waals surface area contributed by atoms with E-state index < -0.39 is 108 Å². The van der Waals surface area contributed by atoms with E-state index in [0.29, 0.717) is 19.3 Å². The van der Waals surface area contributed by atoms with Gasteiger partial charge in [0.1, 0.15) is 42.7 Å². The molecule has 4 aliphatic carbocycles. The lowest BCUT2D eigenvalue weighted by atomic mass is 9.38. The van der Waals surface area contributed by atoms with E-state index >= 15 is 0 Å². The van der Waals surface area contributed by atoms with Crippen LogP contribution < -0.4 is 0 Å². The molecule has 14 heteroatoms. The monoisotopic (exact) mass is 800 g/mol. The Morgan fingerprint density at radius 2 is 1.38 bits per heavy atom. The van der Waals surface area contributed by atoms with E-state index in [1.54, 1.807) is 13.8 Å². The SMILES string of the molecule is CC1C[C@]2(C)C3CC(O)C4C([C@]5(C)CC[C@H](C(C)(C)O)O5)CC[C@]4(C)C3C[C@H](O[C@@H]3O[C@H](CO)[C@@H](O)[C@H](O)[C@H]3O[C@@H]3O[C@@H](C)[C@H](O)[C@@H](O)[C@H]3O)C2C(C)(C)[C@H]1O. The first kappa shape index (κ1) is 43.5. The van der Waals surface area contributed by atoms with Gasteiger partial charge >= 0.3 is 0 Å². The van der Waals surface area contributed by atoms with Crippen molar-refractivity contribution in [3.05, 3.63) is 0 Å². The van der Waals surface area contributed by atoms with Crippen molar-refractivity contribution in [1.29, 1.82) is 0 Å². The summed E-state index contributed by atoms with van der Waals surface area (Å²) < 4.78 is 31.9. The van der Waals surface area contributed by atoms with Crippen molar-refractivity contribution in [3.63, 3.8) is 0 Å². The van der Waals surface area contributed by atoms with Crippen LogP contribution in [0.4, 0.5) is 0 Å². The first-order valence-electron chi connectivity index (χ1n) is 21.3. The summed E-state index contributed by atoms with van der Waals surface area (Å²) in [6.45, 7) is 17.4. The number of fused-ring (bicyclic) bond motifs is 5. The molecule has 0 amide bonds. The number of aliphatic hydroxyl groups excluding tert-OH is 8. The quantitative estimate of drug-likeness (QED) is 0.165. The molecular weight excluding hydrogens is 728 g/mol. The molecule has 0 aromatic heterocycles. The smallest absolute Gasteiger partial charge is 0.187 e. The second kappa shape index (κ2) is 14.8. The van der Waals surface area contributed by atoms with Gasteiger partial charge in [0.15, 0.2) is 12.6 Å². The van der Waals surface area contributed by atoms with Gasteiger partial charge in [0.2, 0.25) is 0 Å². The fourth-order valence-electron chi connectivity index (χ4n) is 14.2. The van der Waals surface area contributed by atoms with Crippen LogP contribution >= 0.6 is 0 Å². The van der Waals surface area contributed by atoms with Crippen LogP contribution in [0.5, 0.6) is 0 Å². The van der Waals surface area contributed by atoms with Crippen LogP contribution in [0.25, 0.3) is 0 Å². The lowest BCUT2D eigenvalue weighted by molar-refractivity contribution is -0.379. The lowest BCUT2D eigenvalue weighted by Crippen LogP contribution is -2.69. The van der Waals surface area contributed by atoms with Crippen LogP contribution in [0.1, 0.15) is 107 Å². The molecule has 3 aliphatic heterocycles. The average molecular weight is 801 g/mol. The fraction of sp³-hybridized carbons (Fsp3) is 1.00. The Morgan fingerprint density at radius 1 is 0.714 bits per heavy atom. The zero-order valence-electron chi connectivity index (χ0n) is 34.8. The topological polar surface area (TPSA) is 228 Å². The maximum atomic E-state index is 12.3. The van der Waals surface area contributed by atoms with E-state index in [9.17, 15) is 46.0 Å². The van der Waals surface area contributed by atoms with E-state index in [4.69, 9.17) is 23.7 Å². The molecule has 7 rings (SSSR count). The van der Waals surface area contributed by atoms with Gasteiger partial charge < -0.3 is 69.6 Å². The van der Waals surface area contributed by atoms with Crippen molar-refractivity contribution in [2.24, 2.45) is 51.8 Å². The Labute approximate surface area is 331 Å². The third-order valence-corrected chi connectivity index (χ3v) is 16.8. The second-order valence-electron chi connectivity index (χ2n) is 21.1. The first-order chi connectivity index (χ1) is 25.9. The number of aliphatic hydroxyl groups is 9. The minimum Gasteiger partial charge on any atom is -0.394 e. The Bertz CT molecular complexity index is 1410. The van der Waals surface area contributed by atoms with Crippen molar-refractivity contribution >= 4 is 0 Å². The predicted octanol–water partition coefficient (Wildman–Crippen LogP) is 1.21. The number of rotatable bonds is 7.